The van der Waals surface area contributed by atoms with E-state index in [0.717, 1.165) is 18.2 Å². The van der Waals surface area contributed by atoms with Crippen molar-refractivity contribution in [3.8, 4) is 5.75 Å². The van der Waals surface area contributed by atoms with Crippen molar-refractivity contribution in [2.45, 2.75) is 58.1 Å². The van der Waals surface area contributed by atoms with Crippen LogP contribution in [0.2, 0.25) is 0 Å². The number of halogens is 3. The summed E-state index contributed by atoms with van der Waals surface area (Å²) in [6.45, 7) is 8.35. The molecule has 1 heterocycles. The highest BCUT2D eigenvalue weighted by Crippen LogP contribution is 2.38. The summed E-state index contributed by atoms with van der Waals surface area (Å²) >= 11 is 0. The fraction of sp³-hybridized carbons (Fsp3) is 0.562. The van der Waals surface area contributed by atoms with E-state index in [1.807, 2.05) is 0 Å². The zero-order chi connectivity index (χ0) is 19.2. The predicted octanol–water partition coefficient (Wildman–Crippen LogP) is 2.86. The maximum atomic E-state index is 13.1. The Kier molecular flexibility index (Phi) is 4.87. The second-order valence-corrected chi connectivity index (χ2v) is 6.94. The van der Waals surface area contributed by atoms with E-state index in [-0.39, 0.29) is 11.2 Å². The van der Waals surface area contributed by atoms with Gasteiger partial charge in [0.05, 0.1) is 16.8 Å². The van der Waals surface area contributed by atoms with Crippen molar-refractivity contribution in [1.29, 1.82) is 0 Å². The summed E-state index contributed by atoms with van der Waals surface area (Å²) in [5.74, 6) is -1.26. The summed E-state index contributed by atoms with van der Waals surface area (Å²) in [6.07, 6.45) is -5.80. The second-order valence-electron chi connectivity index (χ2n) is 6.94. The van der Waals surface area contributed by atoms with Crippen molar-refractivity contribution in [2.24, 2.45) is 0 Å². The SMILES string of the molecule is C[C@H](Oc1ccc(C(F)(F)F)cc1B1OC(C)(C)C(C)(C)O1)C(=O)O. The number of benzene rings is 1. The van der Waals surface area contributed by atoms with Crippen LogP contribution in [-0.2, 0) is 20.3 Å². The number of hydrogen-bond acceptors (Lipinski definition) is 4. The molecule has 1 aromatic rings. The third kappa shape index (κ3) is 3.93. The fourth-order valence-electron chi connectivity index (χ4n) is 2.23. The molecule has 0 aliphatic carbocycles. The highest BCUT2D eigenvalue weighted by atomic mass is 19.4. The number of alkyl halides is 3. The number of rotatable bonds is 4. The maximum absolute atomic E-state index is 13.1. The Bertz CT molecular complexity index is 656. The van der Waals surface area contributed by atoms with Gasteiger partial charge in [-0.3, -0.25) is 0 Å². The Balaban J connectivity index is 2.47. The van der Waals surface area contributed by atoms with Crippen LogP contribution in [0.5, 0.6) is 5.75 Å². The van der Waals surface area contributed by atoms with Gasteiger partial charge in [0.2, 0.25) is 0 Å². The smallest absolute Gasteiger partial charge is 0.479 e. The lowest BCUT2D eigenvalue weighted by molar-refractivity contribution is -0.144. The molecule has 0 aromatic heterocycles. The first kappa shape index (κ1) is 19.6. The van der Waals surface area contributed by atoms with Crippen molar-refractivity contribution < 1.29 is 37.1 Å². The summed E-state index contributed by atoms with van der Waals surface area (Å²) in [7, 11) is -1.11. The standard InChI is InChI=1S/C16H20BF3O5/c1-9(13(21)22)23-12-7-6-10(16(18,19)20)8-11(12)17-24-14(2,3)15(4,5)25-17/h6-9H,1-5H3,(H,21,22)/t9-/m0/s1. The first-order valence-corrected chi connectivity index (χ1v) is 7.71. The van der Waals surface area contributed by atoms with E-state index in [1.165, 1.54) is 6.92 Å². The van der Waals surface area contributed by atoms with Crippen molar-refractivity contribution in [3.63, 3.8) is 0 Å². The van der Waals surface area contributed by atoms with Crippen molar-refractivity contribution >= 4 is 18.6 Å². The van der Waals surface area contributed by atoms with Crippen LogP contribution in [0, 0.1) is 0 Å². The molecule has 2 rings (SSSR count). The number of carbonyl (C=O) groups is 1. The van der Waals surface area contributed by atoms with Crippen LogP contribution < -0.4 is 10.2 Å². The largest absolute Gasteiger partial charge is 0.498 e. The van der Waals surface area contributed by atoms with E-state index >= 15 is 0 Å². The van der Waals surface area contributed by atoms with Gasteiger partial charge in [-0.1, -0.05) is 0 Å². The van der Waals surface area contributed by atoms with Crippen LogP contribution in [0.4, 0.5) is 13.2 Å². The average molecular weight is 360 g/mol. The lowest BCUT2D eigenvalue weighted by atomic mass is 9.77. The quantitative estimate of drug-likeness (QED) is 0.837. The normalized spacial score (nSPS) is 20.4. The van der Waals surface area contributed by atoms with Gasteiger partial charge in [-0.05, 0) is 52.8 Å². The van der Waals surface area contributed by atoms with Gasteiger partial charge in [-0.25, -0.2) is 4.79 Å². The van der Waals surface area contributed by atoms with Gasteiger partial charge < -0.3 is 19.2 Å². The molecule has 1 aliphatic heterocycles. The molecule has 1 aromatic carbocycles. The van der Waals surface area contributed by atoms with Crippen molar-refractivity contribution in [3.05, 3.63) is 23.8 Å². The molecule has 0 radical (unpaired) electrons. The molecule has 0 spiro atoms. The Morgan fingerprint density at radius 3 is 2.16 bits per heavy atom. The van der Waals surface area contributed by atoms with Crippen LogP contribution in [-0.4, -0.2) is 35.5 Å². The molecule has 0 saturated carbocycles. The minimum atomic E-state index is -4.56. The molecule has 0 unspecified atom stereocenters. The van der Waals surface area contributed by atoms with Gasteiger partial charge in [0, 0.05) is 5.46 Å². The van der Waals surface area contributed by atoms with Gasteiger partial charge in [-0.2, -0.15) is 13.2 Å². The molecule has 9 heteroatoms. The lowest BCUT2D eigenvalue weighted by Crippen LogP contribution is -2.41. The Labute approximate surface area is 144 Å². The summed E-state index contributed by atoms with van der Waals surface area (Å²) in [4.78, 5) is 11.0. The third-order valence-electron chi connectivity index (χ3n) is 4.50. The zero-order valence-corrected chi connectivity index (χ0v) is 14.6. The Hall–Kier alpha value is -1.74. The Morgan fingerprint density at radius 2 is 1.72 bits per heavy atom. The van der Waals surface area contributed by atoms with Crippen molar-refractivity contribution in [2.75, 3.05) is 0 Å². The van der Waals surface area contributed by atoms with E-state index in [4.69, 9.17) is 19.2 Å². The molecule has 0 amide bonds. The second kappa shape index (κ2) is 6.21. The number of carboxylic acids is 1. The fourth-order valence-corrected chi connectivity index (χ4v) is 2.23. The van der Waals surface area contributed by atoms with Gasteiger partial charge in [0.1, 0.15) is 5.75 Å². The lowest BCUT2D eigenvalue weighted by Gasteiger charge is -2.32. The van der Waals surface area contributed by atoms with E-state index in [0.29, 0.717) is 0 Å². The molecule has 1 aliphatic rings. The monoisotopic (exact) mass is 360 g/mol. The van der Waals surface area contributed by atoms with Crippen LogP contribution in [0.15, 0.2) is 18.2 Å². The highest BCUT2D eigenvalue weighted by molar-refractivity contribution is 6.63. The summed E-state index contributed by atoms with van der Waals surface area (Å²) in [5, 5.41) is 8.98. The molecule has 1 N–H and O–H groups in total. The molecular weight excluding hydrogens is 340 g/mol. The minimum absolute atomic E-state index is 0.00146. The van der Waals surface area contributed by atoms with Crippen LogP contribution >= 0.6 is 0 Å². The average Bonchev–Trinajstić information content (AvgIpc) is 2.66. The van der Waals surface area contributed by atoms with Crippen LogP contribution in [0.25, 0.3) is 0 Å². The summed E-state index contributed by atoms with van der Waals surface area (Å²) in [6, 6.07) is 2.79. The van der Waals surface area contributed by atoms with E-state index in [2.05, 4.69) is 0 Å². The van der Waals surface area contributed by atoms with Crippen LogP contribution in [0.1, 0.15) is 40.2 Å². The van der Waals surface area contributed by atoms with Crippen LogP contribution in [0.3, 0.4) is 0 Å². The van der Waals surface area contributed by atoms with E-state index in [1.54, 1.807) is 27.7 Å². The molecule has 1 saturated heterocycles. The summed E-state index contributed by atoms with van der Waals surface area (Å²) < 4.78 is 56.1. The van der Waals surface area contributed by atoms with Gasteiger partial charge >= 0.3 is 19.3 Å². The van der Waals surface area contributed by atoms with E-state index in [9.17, 15) is 18.0 Å². The molecule has 1 fully saturated rings. The number of carboxylic acid groups (broad SMARTS) is 1. The first-order chi connectivity index (χ1) is 11.2. The van der Waals surface area contributed by atoms with Gasteiger partial charge in [0.25, 0.3) is 0 Å². The Morgan fingerprint density at radius 1 is 1.20 bits per heavy atom. The molecule has 25 heavy (non-hydrogen) atoms. The van der Waals surface area contributed by atoms with Crippen molar-refractivity contribution in [1.82, 2.24) is 0 Å². The summed E-state index contributed by atoms with van der Waals surface area (Å²) in [5.41, 5.74) is -2.42. The molecule has 0 bridgehead atoms. The number of ether oxygens (including phenoxy) is 1. The minimum Gasteiger partial charge on any atom is -0.479 e. The molecule has 138 valence electrons. The van der Waals surface area contributed by atoms with E-state index < -0.39 is 42.1 Å². The highest BCUT2D eigenvalue weighted by Gasteiger charge is 2.53. The van der Waals surface area contributed by atoms with Gasteiger partial charge in [0.15, 0.2) is 6.10 Å². The topological polar surface area (TPSA) is 65.0 Å². The van der Waals surface area contributed by atoms with Gasteiger partial charge in [-0.15, -0.1) is 0 Å². The maximum Gasteiger partial charge on any atom is 0.498 e. The third-order valence-corrected chi connectivity index (χ3v) is 4.50. The molecular formula is C16H20BF3O5. The predicted molar refractivity (Wildman–Crippen MR) is 84.9 cm³/mol. The molecule has 1 atom stereocenters. The first-order valence-electron chi connectivity index (χ1n) is 7.71. The zero-order valence-electron chi connectivity index (χ0n) is 14.6. The molecule has 5 nitrogen and oxygen atoms in total. The number of aliphatic carboxylic acids is 1. The number of hydrogen-bond donors (Lipinski definition) is 1.